The molecule has 5 heteroatoms. The summed E-state index contributed by atoms with van der Waals surface area (Å²) in [4.78, 5) is 18.3. The molecule has 5 nitrogen and oxygen atoms in total. The number of carbonyl (C=O) groups is 1. The molecule has 0 radical (unpaired) electrons. The van der Waals surface area contributed by atoms with Crippen LogP contribution in [0.25, 0.3) is 11.1 Å². The van der Waals surface area contributed by atoms with Gasteiger partial charge in [-0.05, 0) is 53.8 Å². The highest BCUT2D eigenvalue weighted by Gasteiger charge is 2.47. The Balaban J connectivity index is 1.71. The number of likely N-dealkylation sites (tertiary alicyclic amines) is 1. The zero-order chi connectivity index (χ0) is 15.9. The molecule has 114 valence electrons. The van der Waals surface area contributed by atoms with Crippen LogP contribution in [0.3, 0.4) is 0 Å². The van der Waals surface area contributed by atoms with E-state index in [1.807, 2.05) is 24.3 Å². The summed E-state index contributed by atoms with van der Waals surface area (Å²) < 4.78 is 0. The van der Waals surface area contributed by atoms with E-state index in [1.165, 1.54) is 0 Å². The number of hydrogen-bond acceptors (Lipinski definition) is 4. The Morgan fingerprint density at radius 1 is 1.22 bits per heavy atom. The van der Waals surface area contributed by atoms with Crippen molar-refractivity contribution in [2.75, 3.05) is 18.4 Å². The molecular formula is C18H16N4O. The summed E-state index contributed by atoms with van der Waals surface area (Å²) in [5.74, 6) is 0.0411. The molecule has 1 aromatic heterocycles. The number of hydrogen-bond donors (Lipinski definition) is 1. The molecule has 1 aromatic carbocycles. The van der Waals surface area contributed by atoms with E-state index < -0.39 is 5.41 Å². The summed E-state index contributed by atoms with van der Waals surface area (Å²) in [7, 11) is 0. The fraction of sp³-hybridized carbons (Fsp3) is 0.278. The average molecular weight is 304 g/mol. The standard InChI is InChI=1S/C18H16N4O/c19-12-22-8-5-18(11-22)10-15-9-14(13-3-6-20-7-4-13)1-2-16(15)21-17(18)23/h1-4,6-7,9H,5,8,10-11H2,(H,21,23). The van der Waals surface area contributed by atoms with Crippen molar-refractivity contribution in [1.29, 1.82) is 5.26 Å². The van der Waals surface area contributed by atoms with Crippen LogP contribution in [0.15, 0.2) is 42.7 Å². The number of nitrogens with zero attached hydrogens (tertiary/aromatic N) is 3. The number of nitrogens with one attached hydrogen (secondary N) is 1. The summed E-state index contributed by atoms with van der Waals surface area (Å²) in [6.45, 7) is 1.16. The first-order chi connectivity index (χ1) is 11.2. The van der Waals surface area contributed by atoms with Gasteiger partial charge in [0.25, 0.3) is 0 Å². The second kappa shape index (κ2) is 5.10. The molecule has 23 heavy (non-hydrogen) atoms. The number of anilines is 1. The van der Waals surface area contributed by atoms with E-state index >= 15 is 0 Å². The lowest BCUT2D eigenvalue weighted by atomic mass is 9.76. The van der Waals surface area contributed by atoms with Crippen LogP contribution >= 0.6 is 0 Å². The van der Waals surface area contributed by atoms with Crippen molar-refractivity contribution < 1.29 is 4.79 Å². The van der Waals surface area contributed by atoms with Crippen LogP contribution in [0.1, 0.15) is 12.0 Å². The van der Waals surface area contributed by atoms with Crippen LogP contribution < -0.4 is 5.32 Å². The summed E-state index contributed by atoms with van der Waals surface area (Å²) in [6.07, 6.45) is 7.13. The molecule has 1 unspecified atom stereocenters. The van der Waals surface area contributed by atoms with E-state index in [1.54, 1.807) is 17.3 Å². The van der Waals surface area contributed by atoms with Crippen LogP contribution in [0.5, 0.6) is 0 Å². The van der Waals surface area contributed by atoms with Gasteiger partial charge in [0.2, 0.25) is 5.91 Å². The first-order valence-corrected chi connectivity index (χ1v) is 7.70. The van der Waals surface area contributed by atoms with Crippen LogP contribution in [0.2, 0.25) is 0 Å². The Bertz CT molecular complexity index is 812. The average Bonchev–Trinajstić information content (AvgIpc) is 3.01. The molecule has 0 bridgehead atoms. The highest BCUT2D eigenvalue weighted by atomic mass is 16.2. The van der Waals surface area contributed by atoms with Gasteiger partial charge in [0.15, 0.2) is 6.19 Å². The van der Waals surface area contributed by atoms with Gasteiger partial charge in [-0.2, -0.15) is 5.26 Å². The van der Waals surface area contributed by atoms with Gasteiger partial charge in [-0.3, -0.25) is 9.78 Å². The van der Waals surface area contributed by atoms with Gasteiger partial charge < -0.3 is 10.2 Å². The second-order valence-electron chi connectivity index (χ2n) is 6.29. The fourth-order valence-corrected chi connectivity index (χ4v) is 3.57. The van der Waals surface area contributed by atoms with Gasteiger partial charge in [-0.15, -0.1) is 0 Å². The topological polar surface area (TPSA) is 69.0 Å². The third kappa shape index (κ3) is 2.23. The molecule has 1 spiro atoms. The number of carbonyl (C=O) groups excluding carboxylic acids is 1. The van der Waals surface area contributed by atoms with Gasteiger partial charge in [0.1, 0.15) is 0 Å². The largest absolute Gasteiger partial charge is 0.325 e. The normalized spacial score (nSPS) is 22.6. The quantitative estimate of drug-likeness (QED) is 0.822. The molecular weight excluding hydrogens is 288 g/mol. The molecule has 1 fully saturated rings. The van der Waals surface area contributed by atoms with Crippen molar-refractivity contribution in [2.24, 2.45) is 5.41 Å². The highest BCUT2D eigenvalue weighted by Crippen LogP contribution is 2.41. The molecule has 1 atom stereocenters. The van der Waals surface area contributed by atoms with Crippen molar-refractivity contribution in [3.8, 4) is 17.3 Å². The molecule has 2 aliphatic rings. The maximum absolute atomic E-state index is 12.5. The van der Waals surface area contributed by atoms with Crippen molar-refractivity contribution in [2.45, 2.75) is 12.8 Å². The Morgan fingerprint density at radius 2 is 2.04 bits per heavy atom. The minimum Gasteiger partial charge on any atom is -0.325 e. The van der Waals surface area contributed by atoms with Crippen LogP contribution in [0.4, 0.5) is 5.69 Å². The monoisotopic (exact) mass is 304 g/mol. The predicted octanol–water partition coefficient (Wildman–Crippen LogP) is 2.42. The van der Waals surface area contributed by atoms with E-state index in [9.17, 15) is 4.79 Å². The zero-order valence-electron chi connectivity index (χ0n) is 12.6. The van der Waals surface area contributed by atoms with Crippen LogP contribution in [0, 0.1) is 16.9 Å². The molecule has 4 rings (SSSR count). The van der Waals surface area contributed by atoms with Gasteiger partial charge in [0.05, 0.1) is 5.41 Å². The Labute approximate surface area is 134 Å². The zero-order valence-corrected chi connectivity index (χ0v) is 12.6. The number of pyridine rings is 1. The van der Waals surface area contributed by atoms with Gasteiger partial charge in [-0.25, -0.2) is 0 Å². The molecule has 1 N–H and O–H groups in total. The lowest BCUT2D eigenvalue weighted by molar-refractivity contribution is -0.125. The minimum atomic E-state index is -0.473. The SMILES string of the molecule is N#CN1CCC2(Cc3cc(-c4ccncc4)ccc3NC2=O)C1. The van der Waals surface area contributed by atoms with Crippen LogP contribution in [-0.2, 0) is 11.2 Å². The maximum Gasteiger partial charge on any atom is 0.232 e. The molecule has 2 aromatic rings. The maximum atomic E-state index is 12.5. The van der Waals surface area contributed by atoms with Crippen LogP contribution in [-0.4, -0.2) is 28.9 Å². The minimum absolute atomic E-state index is 0.0411. The third-order valence-electron chi connectivity index (χ3n) is 4.87. The molecule has 1 amide bonds. The number of nitriles is 1. The second-order valence-corrected chi connectivity index (χ2v) is 6.29. The summed E-state index contributed by atoms with van der Waals surface area (Å²) >= 11 is 0. The lowest BCUT2D eigenvalue weighted by Crippen LogP contribution is -2.43. The Morgan fingerprint density at radius 3 is 2.78 bits per heavy atom. The van der Waals surface area contributed by atoms with Gasteiger partial charge in [-0.1, -0.05) is 6.07 Å². The lowest BCUT2D eigenvalue weighted by Gasteiger charge is -2.33. The summed E-state index contributed by atoms with van der Waals surface area (Å²) in [5.41, 5.74) is 3.78. The van der Waals surface area contributed by atoms with Crippen molar-refractivity contribution in [3.63, 3.8) is 0 Å². The van der Waals surface area contributed by atoms with E-state index in [2.05, 4.69) is 22.6 Å². The number of amides is 1. The molecule has 1 saturated heterocycles. The number of fused-ring (bicyclic) bond motifs is 1. The number of aromatic nitrogens is 1. The van der Waals surface area contributed by atoms with E-state index in [4.69, 9.17) is 5.26 Å². The van der Waals surface area contributed by atoms with Crippen molar-refractivity contribution in [3.05, 3.63) is 48.3 Å². The number of rotatable bonds is 1. The molecule has 0 aliphatic carbocycles. The Hall–Kier alpha value is -2.87. The first-order valence-electron chi connectivity index (χ1n) is 7.70. The van der Waals surface area contributed by atoms with E-state index in [-0.39, 0.29) is 5.91 Å². The highest BCUT2D eigenvalue weighted by molar-refractivity contribution is 5.99. The first kappa shape index (κ1) is 13.8. The summed E-state index contributed by atoms with van der Waals surface area (Å²) in [6, 6.07) is 10.1. The van der Waals surface area contributed by atoms with Crippen molar-refractivity contribution >= 4 is 11.6 Å². The smallest absolute Gasteiger partial charge is 0.232 e. The molecule has 0 saturated carbocycles. The fourth-order valence-electron chi connectivity index (χ4n) is 3.57. The summed E-state index contributed by atoms with van der Waals surface area (Å²) in [5, 5.41) is 12.1. The molecule has 2 aliphatic heterocycles. The van der Waals surface area contributed by atoms with Gasteiger partial charge in [0, 0.05) is 31.2 Å². The Kier molecular flexibility index (Phi) is 3.05. The van der Waals surface area contributed by atoms with E-state index in [0.29, 0.717) is 19.5 Å². The third-order valence-corrected chi connectivity index (χ3v) is 4.87. The van der Waals surface area contributed by atoms with Gasteiger partial charge >= 0.3 is 0 Å². The predicted molar refractivity (Wildman–Crippen MR) is 86.2 cm³/mol. The van der Waals surface area contributed by atoms with E-state index in [0.717, 1.165) is 28.8 Å². The van der Waals surface area contributed by atoms with Crippen molar-refractivity contribution in [1.82, 2.24) is 9.88 Å². The number of benzene rings is 1. The molecule has 3 heterocycles.